The summed E-state index contributed by atoms with van der Waals surface area (Å²) >= 11 is 7.37. The van der Waals surface area contributed by atoms with E-state index >= 15 is 0 Å². The van der Waals surface area contributed by atoms with Gasteiger partial charge in [-0.1, -0.05) is 11.6 Å². The topological polar surface area (TPSA) is 85.1 Å². The number of aromatic nitrogens is 1. The molecule has 0 aliphatic heterocycles. The van der Waals surface area contributed by atoms with E-state index in [1.54, 1.807) is 0 Å². The summed E-state index contributed by atoms with van der Waals surface area (Å²) in [5, 5.41) is 16.1. The normalized spacial score (nSPS) is 10.3. The van der Waals surface area contributed by atoms with Crippen LogP contribution in [0.5, 0.6) is 0 Å². The minimum Gasteiger partial charge on any atom is -0.346 e. The monoisotopic (exact) mass is 311 g/mol. The molecule has 20 heavy (non-hydrogen) atoms. The van der Waals surface area contributed by atoms with Crippen molar-refractivity contribution in [3.8, 4) is 0 Å². The summed E-state index contributed by atoms with van der Waals surface area (Å²) in [6.45, 7) is 2.17. The second-order valence-electron chi connectivity index (χ2n) is 3.96. The molecule has 1 aromatic heterocycles. The number of thiazole rings is 1. The van der Waals surface area contributed by atoms with Crippen molar-refractivity contribution in [1.29, 1.82) is 0 Å². The van der Waals surface area contributed by atoms with Gasteiger partial charge < -0.3 is 5.32 Å². The maximum atomic E-state index is 11.9. The van der Waals surface area contributed by atoms with Crippen LogP contribution in [0, 0.1) is 17.0 Å². The lowest BCUT2D eigenvalue weighted by Gasteiger charge is -2.05. The number of halogens is 1. The van der Waals surface area contributed by atoms with Crippen LogP contribution in [0.15, 0.2) is 23.6 Å². The Morgan fingerprint density at radius 3 is 2.85 bits per heavy atom. The van der Waals surface area contributed by atoms with E-state index in [0.717, 1.165) is 16.8 Å². The molecule has 2 aromatic rings. The Hall–Kier alpha value is -1.99. The lowest BCUT2D eigenvalue weighted by molar-refractivity contribution is -0.384. The highest BCUT2D eigenvalue weighted by atomic mass is 35.5. The van der Waals surface area contributed by atoms with Crippen molar-refractivity contribution in [2.24, 2.45) is 0 Å². The van der Waals surface area contributed by atoms with Gasteiger partial charge in [0.1, 0.15) is 0 Å². The molecule has 0 unspecified atom stereocenters. The third-order valence-corrected chi connectivity index (χ3v) is 3.64. The minimum atomic E-state index is -0.564. The van der Waals surface area contributed by atoms with Crippen LogP contribution in [0.3, 0.4) is 0 Å². The van der Waals surface area contributed by atoms with E-state index in [0.29, 0.717) is 0 Å². The van der Waals surface area contributed by atoms with Gasteiger partial charge in [0, 0.05) is 17.5 Å². The average Bonchev–Trinajstić information content (AvgIpc) is 2.81. The number of nitrogens with one attached hydrogen (secondary N) is 1. The molecule has 1 N–H and O–H groups in total. The van der Waals surface area contributed by atoms with Crippen LogP contribution in [0.4, 0.5) is 5.69 Å². The quantitative estimate of drug-likeness (QED) is 0.695. The van der Waals surface area contributed by atoms with Crippen molar-refractivity contribution in [3.63, 3.8) is 0 Å². The van der Waals surface area contributed by atoms with Crippen molar-refractivity contribution in [3.05, 3.63) is 55.0 Å². The first-order chi connectivity index (χ1) is 9.47. The average molecular weight is 312 g/mol. The SMILES string of the molecule is Cc1nc(CNC(=O)c2ccc([N+](=O)[O-])cc2Cl)cs1. The van der Waals surface area contributed by atoms with Crippen molar-refractivity contribution >= 4 is 34.5 Å². The molecule has 104 valence electrons. The molecule has 0 aliphatic carbocycles. The van der Waals surface area contributed by atoms with Gasteiger partial charge in [-0.05, 0) is 13.0 Å². The molecule has 0 fully saturated rings. The molecule has 0 radical (unpaired) electrons. The third kappa shape index (κ3) is 3.31. The largest absolute Gasteiger partial charge is 0.346 e. The fourth-order valence-electron chi connectivity index (χ4n) is 1.56. The summed E-state index contributed by atoms with van der Waals surface area (Å²) in [7, 11) is 0. The van der Waals surface area contributed by atoms with Crippen LogP contribution in [0.25, 0.3) is 0 Å². The molecule has 8 heteroatoms. The Bertz CT molecular complexity index is 672. The molecule has 0 aliphatic rings. The first-order valence-electron chi connectivity index (χ1n) is 5.60. The van der Waals surface area contributed by atoms with Crippen LogP contribution in [-0.4, -0.2) is 15.8 Å². The highest BCUT2D eigenvalue weighted by molar-refractivity contribution is 7.09. The Labute approximate surface area is 123 Å². The van der Waals surface area contributed by atoms with E-state index in [-0.39, 0.29) is 22.8 Å². The van der Waals surface area contributed by atoms with Crippen LogP contribution in [0.1, 0.15) is 21.1 Å². The van der Waals surface area contributed by atoms with Crippen molar-refractivity contribution < 1.29 is 9.72 Å². The predicted octanol–water partition coefficient (Wildman–Crippen LogP) is 2.94. The smallest absolute Gasteiger partial charge is 0.270 e. The molecule has 0 saturated carbocycles. The number of amides is 1. The molecule has 1 aromatic carbocycles. The maximum Gasteiger partial charge on any atom is 0.270 e. The van der Waals surface area contributed by atoms with Crippen LogP contribution in [0.2, 0.25) is 5.02 Å². The number of aryl methyl sites for hydroxylation is 1. The third-order valence-electron chi connectivity index (χ3n) is 2.50. The number of nitro benzene ring substituents is 1. The van der Waals surface area contributed by atoms with Gasteiger partial charge in [-0.15, -0.1) is 11.3 Å². The van der Waals surface area contributed by atoms with Crippen LogP contribution >= 0.6 is 22.9 Å². The molecule has 2 rings (SSSR count). The van der Waals surface area contributed by atoms with E-state index in [4.69, 9.17) is 11.6 Å². The number of rotatable bonds is 4. The van der Waals surface area contributed by atoms with Crippen molar-refractivity contribution in [1.82, 2.24) is 10.3 Å². The molecule has 1 amide bonds. The summed E-state index contributed by atoms with van der Waals surface area (Å²) in [4.78, 5) is 26.2. The Kier molecular flexibility index (Phi) is 4.31. The number of nitro groups is 1. The number of carbonyl (C=O) groups is 1. The predicted molar refractivity (Wildman–Crippen MR) is 76.1 cm³/mol. The van der Waals surface area contributed by atoms with Gasteiger partial charge >= 0.3 is 0 Å². The van der Waals surface area contributed by atoms with Gasteiger partial charge in [0.05, 0.1) is 32.8 Å². The first-order valence-corrected chi connectivity index (χ1v) is 6.86. The minimum absolute atomic E-state index is 0.0474. The molecule has 0 spiro atoms. The Balaban J connectivity index is 2.07. The number of benzene rings is 1. The van der Waals surface area contributed by atoms with E-state index in [2.05, 4.69) is 10.3 Å². The first kappa shape index (κ1) is 14.4. The lowest BCUT2D eigenvalue weighted by Crippen LogP contribution is -2.23. The molecule has 1 heterocycles. The highest BCUT2D eigenvalue weighted by Gasteiger charge is 2.14. The Morgan fingerprint density at radius 1 is 1.55 bits per heavy atom. The van der Waals surface area contributed by atoms with Gasteiger partial charge in [0.15, 0.2) is 0 Å². The number of hydrogen-bond donors (Lipinski definition) is 1. The summed E-state index contributed by atoms with van der Waals surface area (Å²) < 4.78 is 0. The molecule has 6 nitrogen and oxygen atoms in total. The fourth-order valence-corrected chi connectivity index (χ4v) is 2.43. The lowest BCUT2D eigenvalue weighted by atomic mass is 10.2. The van der Waals surface area contributed by atoms with Crippen LogP contribution in [-0.2, 0) is 6.54 Å². The second-order valence-corrected chi connectivity index (χ2v) is 5.43. The summed E-state index contributed by atoms with van der Waals surface area (Å²) in [5.41, 5.74) is 0.810. The van der Waals surface area contributed by atoms with Crippen molar-refractivity contribution in [2.45, 2.75) is 13.5 Å². The zero-order valence-electron chi connectivity index (χ0n) is 10.4. The zero-order valence-corrected chi connectivity index (χ0v) is 12.0. The van der Waals surface area contributed by atoms with Gasteiger partial charge in [-0.25, -0.2) is 4.98 Å². The highest BCUT2D eigenvalue weighted by Crippen LogP contribution is 2.22. The summed E-state index contributed by atoms with van der Waals surface area (Å²) in [6, 6.07) is 3.74. The summed E-state index contributed by atoms with van der Waals surface area (Å²) in [5.74, 6) is -0.393. The molecule has 0 bridgehead atoms. The van der Waals surface area contributed by atoms with Gasteiger partial charge in [-0.2, -0.15) is 0 Å². The van der Waals surface area contributed by atoms with E-state index in [1.165, 1.54) is 23.5 Å². The van der Waals surface area contributed by atoms with Crippen molar-refractivity contribution in [2.75, 3.05) is 0 Å². The molecular weight excluding hydrogens is 302 g/mol. The van der Waals surface area contributed by atoms with Gasteiger partial charge in [-0.3, -0.25) is 14.9 Å². The number of carbonyl (C=O) groups excluding carboxylic acids is 1. The molecule has 0 saturated heterocycles. The van der Waals surface area contributed by atoms with Gasteiger partial charge in [0.2, 0.25) is 0 Å². The number of hydrogen-bond acceptors (Lipinski definition) is 5. The summed E-state index contributed by atoms with van der Waals surface area (Å²) in [6.07, 6.45) is 0. The standard InChI is InChI=1S/C12H10ClN3O3S/c1-7-15-8(6-20-7)5-14-12(17)10-3-2-9(16(18)19)4-11(10)13/h2-4,6H,5H2,1H3,(H,14,17). The van der Waals surface area contributed by atoms with E-state index in [1.807, 2.05) is 12.3 Å². The van der Waals surface area contributed by atoms with E-state index < -0.39 is 10.8 Å². The maximum absolute atomic E-state index is 11.9. The molecule has 0 atom stereocenters. The second kappa shape index (κ2) is 5.98. The number of non-ortho nitro benzene ring substituents is 1. The van der Waals surface area contributed by atoms with Gasteiger partial charge in [0.25, 0.3) is 11.6 Å². The van der Waals surface area contributed by atoms with Crippen LogP contribution < -0.4 is 5.32 Å². The Morgan fingerprint density at radius 2 is 2.30 bits per heavy atom. The van der Waals surface area contributed by atoms with E-state index in [9.17, 15) is 14.9 Å². The number of nitrogens with zero attached hydrogens (tertiary/aromatic N) is 2. The zero-order chi connectivity index (χ0) is 14.7. The fraction of sp³-hybridized carbons (Fsp3) is 0.167. The molecular formula is C12H10ClN3O3S.